The number of anilines is 1. The number of benzene rings is 1. The van der Waals surface area contributed by atoms with Crippen LogP contribution >= 0.6 is 0 Å². The van der Waals surface area contributed by atoms with Gasteiger partial charge in [0, 0.05) is 54.6 Å². The van der Waals surface area contributed by atoms with E-state index in [-0.39, 0.29) is 16.7 Å². The fourth-order valence-electron chi connectivity index (χ4n) is 5.48. The van der Waals surface area contributed by atoms with Crippen LogP contribution in [0.3, 0.4) is 0 Å². The van der Waals surface area contributed by atoms with E-state index in [1.54, 1.807) is 18.6 Å². The van der Waals surface area contributed by atoms with Crippen molar-refractivity contribution in [3.63, 3.8) is 0 Å². The molecule has 3 atom stereocenters. The molecular weight excluding hydrogens is 388 g/mol. The van der Waals surface area contributed by atoms with Crippen molar-refractivity contribution in [2.45, 2.75) is 44.7 Å². The Labute approximate surface area is 183 Å². The van der Waals surface area contributed by atoms with Gasteiger partial charge in [0.25, 0.3) is 0 Å². The minimum atomic E-state index is 0.176. The highest BCUT2D eigenvalue weighted by Gasteiger charge is 2.54. The first-order valence-corrected chi connectivity index (χ1v) is 10.9. The molecule has 3 fully saturated rings. The third kappa shape index (κ3) is 3.28. The summed E-state index contributed by atoms with van der Waals surface area (Å²) in [7, 11) is 4.40. The van der Waals surface area contributed by atoms with Crippen LogP contribution in [0.15, 0.2) is 49.1 Å². The van der Waals surface area contributed by atoms with Gasteiger partial charge in [0.05, 0.1) is 17.7 Å². The number of phenols is 1. The van der Waals surface area contributed by atoms with Crippen LogP contribution in [-0.2, 0) is 0 Å². The summed E-state index contributed by atoms with van der Waals surface area (Å²) in [5.41, 5.74) is 2.69. The van der Waals surface area contributed by atoms with E-state index in [2.05, 4.69) is 52.9 Å². The second-order valence-electron chi connectivity index (χ2n) is 9.79. The molecule has 2 aromatic heterocycles. The van der Waals surface area contributed by atoms with E-state index >= 15 is 0 Å². The number of phenolic OH excluding ortho intramolecular Hbond substituents is 1. The average molecular weight is 419 g/mol. The summed E-state index contributed by atoms with van der Waals surface area (Å²) in [6, 6.07) is 9.93. The molecule has 2 aliphatic heterocycles. The summed E-state index contributed by atoms with van der Waals surface area (Å²) in [6.07, 6.45) is 8.89. The Bertz CT molecular complexity index is 1080. The van der Waals surface area contributed by atoms with E-state index < -0.39 is 0 Å². The molecule has 7 nitrogen and oxygen atoms in total. The van der Waals surface area contributed by atoms with E-state index in [9.17, 15) is 5.11 Å². The molecule has 1 aliphatic carbocycles. The van der Waals surface area contributed by atoms with Crippen LogP contribution in [-0.4, -0.2) is 62.0 Å². The van der Waals surface area contributed by atoms with Crippen molar-refractivity contribution in [3.8, 4) is 22.7 Å². The third-order valence-corrected chi connectivity index (χ3v) is 7.73. The lowest BCUT2D eigenvalue weighted by atomic mass is 9.60. The first-order valence-electron chi connectivity index (χ1n) is 10.9. The van der Waals surface area contributed by atoms with Crippen molar-refractivity contribution >= 4 is 5.82 Å². The SMILES string of the molecule is CN(c1ccc(-c2ccc(-n3ccnc3)cc2O)nn1)[C@H]1C[C@@]2(C)CC[C@]1(C)CN2C. The topological polar surface area (TPSA) is 70.3 Å². The van der Waals surface area contributed by atoms with Crippen LogP contribution in [0.25, 0.3) is 16.9 Å². The Hall–Kier alpha value is -2.93. The van der Waals surface area contributed by atoms with Crippen LogP contribution in [0.4, 0.5) is 5.82 Å². The Balaban J connectivity index is 1.38. The quantitative estimate of drug-likeness (QED) is 0.696. The standard InChI is InChI=1S/C24H30N6O/c1-23-9-10-24(2,28(3)15-23)14-21(23)29(4)22-8-7-19(26-27-22)18-6-5-17(13-20(18)31)30-12-11-25-16-30/h5-8,11-13,16,21,31H,9-10,14-15H2,1-4H3/t21-,23+,24+/m0/s1. The highest BCUT2D eigenvalue weighted by Crippen LogP contribution is 2.51. The van der Waals surface area contributed by atoms with Gasteiger partial charge in [0.2, 0.25) is 0 Å². The fraction of sp³-hybridized carbons (Fsp3) is 0.458. The minimum Gasteiger partial charge on any atom is -0.507 e. The fourth-order valence-corrected chi connectivity index (χ4v) is 5.48. The Morgan fingerprint density at radius 3 is 2.61 bits per heavy atom. The maximum atomic E-state index is 10.6. The van der Waals surface area contributed by atoms with Gasteiger partial charge < -0.3 is 19.5 Å². The van der Waals surface area contributed by atoms with Crippen LogP contribution < -0.4 is 4.90 Å². The summed E-state index contributed by atoms with van der Waals surface area (Å²) < 4.78 is 1.85. The van der Waals surface area contributed by atoms with Gasteiger partial charge in [-0.1, -0.05) is 6.92 Å². The number of rotatable bonds is 4. The van der Waals surface area contributed by atoms with Crippen molar-refractivity contribution in [2.24, 2.45) is 5.41 Å². The van der Waals surface area contributed by atoms with Gasteiger partial charge >= 0.3 is 0 Å². The van der Waals surface area contributed by atoms with E-state index in [4.69, 9.17) is 0 Å². The second kappa shape index (κ2) is 7.05. The largest absolute Gasteiger partial charge is 0.507 e. The lowest BCUT2D eigenvalue weighted by Crippen LogP contribution is -2.67. The Morgan fingerprint density at radius 2 is 1.97 bits per heavy atom. The second-order valence-corrected chi connectivity index (χ2v) is 9.79. The molecular formula is C24H30N6O. The monoisotopic (exact) mass is 418 g/mol. The molecule has 3 aromatic rings. The van der Waals surface area contributed by atoms with Crippen molar-refractivity contribution in [1.29, 1.82) is 0 Å². The first-order chi connectivity index (χ1) is 14.8. The molecule has 1 aromatic carbocycles. The van der Waals surface area contributed by atoms with Gasteiger partial charge in [-0.15, -0.1) is 10.2 Å². The number of hydrogen-bond acceptors (Lipinski definition) is 6. The third-order valence-electron chi connectivity index (χ3n) is 7.73. The maximum absolute atomic E-state index is 10.6. The number of aromatic hydroxyl groups is 1. The predicted octanol–water partition coefficient (Wildman–Crippen LogP) is 3.73. The number of piperidine rings is 2. The lowest BCUT2D eigenvalue weighted by molar-refractivity contribution is -0.0677. The van der Waals surface area contributed by atoms with Crippen LogP contribution in [0.1, 0.15) is 33.1 Å². The number of imidazole rings is 1. The van der Waals surface area contributed by atoms with Gasteiger partial charge in [0.15, 0.2) is 5.82 Å². The summed E-state index contributed by atoms with van der Waals surface area (Å²) >= 11 is 0. The van der Waals surface area contributed by atoms with Gasteiger partial charge in [-0.05, 0) is 57.5 Å². The molecule has 7 heteroatoms. The summed E-state index contributed by atoms with van der Waals surface area (Å²) in [5, 5.41) is 19.6. The number of hydrogen-bond donors (Lipinski definition) is 1. The van der Waals surface area contributed by atoms with Gasteiger partial charge in [-0.25, -0.2) is 4.98 Å². The van der Waals surface area contributed by atoms with Crippen LogP contribution in [0.2, 0.25) is 0 Å². The molecule has 0 spiro atoms. The van der Waals surface area contributed by atoms with Crippen molar-refractivity contribution < 1.29 is 5.11 Å². The molecule has 4 heterocycles. The average Bonchev–Trinajstić information content (AvgIpc) is 3.29. The molecule has 0 unspecified atom stereocenters. The van der Waals surface area contributed by atoms with E-state index in [0.717, 1.165) is 24.5 Å². The molecule has 2 bridgehead atoms. The molecule has 162 valence electrons. The number of aromatic nitrogens is 4. The molecule has 31 heavy (non-hydrogen) atoms. The molecule has 1 N–H and O–H groups in total. The molecule has 2 saturated heterocycles. The summed E-state index contributed by atoms with van der Waals surface area (Å²) in [4.78, 5) is 8.89. The maximum Gasteiger partial charge on any atom is 0.151 e. The zero-order chi connectivity index (χ0) is 21.8. The lowest BCUT2D eigenvalue weighted by Gasteiger charge is -2.62. The van der Waals surface area contributed by atoms with Gasteiger partial charge in [-0.2, -0.15) is 0 Å². The Kier molecular flexibility index (Phi) is 4.55. The smallest absolute Gasteiger partial charge is 0.151 e. The molecule has 6 rings (SSSR count). The Morgan fingerprint density at radius 1 is 1.13 bits per heavy atom. The highest BCUT2D eigenvalue weighted by atomic mass is 16.3. The summed E-state index contributed by atoms with van der Waals surface area (Å²) in [5.74, 6) is 1.05. The normalized spacial score (nSPS) is 28.1. The van der Waals surface area contributed by atoms with Crippen molar-refractivity contribution in [2.75, 3.05) is 25.5 Å². The zero-order valence-electron chi connectivity index (χ0n) is 18.7. The highest BCUT2D eigenvalue weighted by molar-refractivity contribution is 5.69. The van der Waals surface area contributed by atoms with Crippen molar-refractivity contribution in [3.05, 3.63) is 49.1 Å². The zero-order valence-corrected chi connectivity index (χ0v) is 18.7. The molecule has 0 amide bonds. The minimum absolute atomic E-state index is 0.176. The number of nitrogens with zero attached hydrogens (tertiary/aromatic N) is 6. The van der Waals surface area contributed by atoms with Crippen LogP contribution in [0, 0.1) is 5.41 Å². The summed E-state index contributed by atoms with van der Waals surface area (Å²) in [6.45, 7) is 5.91. The van der Waals surface area contributed by atoms with E-state index in [1.165, 1.54) is 12.8 Å². The molecule has 1 saturated carbocycles. The van der Waals surface area contributed by atoms with Crippen molar-refractivity contribution in [1.82, 2.24) is 24.6 Å². The van der Waals surface area contributed by atoms with E-state index in [1.807, 2.05) is 35.0 Å². The number of fused-ring (bicyclic) bond motifs is 3. The first kappa shape index (κ1) is 20.0. The van der Waals surface area contributed by atoms with Gasteiger partial charge in [-0.3, -0.25) is 0 Å². The van der Waals surface area contributed by atoms with E-state index in [0.29, 0.717) is 17.3 Å². The molecule has 3 aliphatic rings. The predicted molar refractivity (Wildman–Crippen MR) is 121 cm³/mol. The van der Waals surface area contributed by atoms with Crippen LogP contribution in [0.5, 0.6) is 5.75 Å². The molecule has 0 radical (unpaired) electrons. The van der Waals surface area contributed by atoms with Gasteiger partial charge in [0.1, 0.15) is 5.75 Å².